The van der Waals surface area contributed by atoms with E-state index in [2.05, 4.69) is 22.4 Å². The highest BCUT2D eigenvalue weighted by Gasteiger charge is 2.18. The predicted molar refractivity (Wildman–Crippen MR) is 66.3 cm³/mol. The molecule has 1 fully saturated rings. The number of rotatable bonds is 1. The van der Waals surface area contributed by atoms with Gasteiger partial charge in [-0.2, -0.15) is 4.99 Å². The fourth-order valence-corrected chi connectivity index (χ4v) is 1.75. The molecular formula is C12H18NOS. The van der Waals surface area contributed by atoms with Crippen LogP contribution < -0.4 is 0 Å². The second kappa shape index (κ2) is 10.0. The molecule has 1 amide bonds. The summed E-state index contributed by atoms with van der Waals surface area (Å²) in [6.07, 6.45) is 7.81. The molecule has 0 N–H and O–H groups in total. The van der Waals surface area contributed by atoms with E-state index in [4.69, 9.17) is 0 Å². The molecule has 0 atom stereocenters. The fourth-order valence-electron chi connectivity index (χ4n) is 1.67. The van der Waals surface area contributed by atoms with Crippen molar-refractivity contribution in [3.63, 3.8) is 0 Å². The number of thiocarbonyl (C=S) groups is 1. The van der Waals surface area contributed by atoms with E-state index in [1.807, 2.05) is 0 Å². The SMILES string of the molecule is O=C(N=C=S)[C]1CCCCCCC1.[CH2].[CH2]. The molecule has 1 saturated carbocycles. The van der Waals surface area contributed by atoms with Crippen LogP contribution in [0.1, 0.15) is 44.9 Å². The van der Waals surface area contributed by atoms with Gasteiger partial charge in [-0.3, -0.25) is 4.79 Å². The van der Waals surface area contributed by atoms with Crippen LogP contribution in [-0.4, -0.2) is 11.1 Å². The summed E-state index contributed by atoms with van der Waals surface area (Å²) in [5, 5.41) is 2.14. The molecule has 0 heterocycles. The highest BCUT2D eigenvalue weighted by molar-refractivity contribution is 7.78. The van der Waals surface area contributed by atoms with Gasteiger partial charge in [0.25, 0.3) is 5.91 Å². The van der Waals surface area contributed by atoms with Crippen LogP contribution in [0, 0.1) is 20.8 Å². The Kier molecular flexibility index (Phi) is 11.3. The van der Waals surface area contributed by atoms with Gasteiger partial charge in [-0.05, 0) is 25.1 Å². The minimum Gasteiger partial charge on any atom is -0.271 e. The van der Waals surface area contributed by atoms with Gasteiger partial charge in [0.2, 0.25) is 0 Å². The van der Waals surface area contributed by atoms with Crippen LogP contribution in [0.15, 0.2) is 4.99 Å². The molecule has 0 aromatic rings. The normalized spacial score (nSPS) is 17.1. The number of carbonyl (C=O) groups excluding carboxylic acids is 1. The van der Waals surface area contributed by atoms with Gasteiger partial charge in [-0.15, -0.1) is 0 Å². The predicted octanol–water partition coefficient (Wildman–Crippen LogP) is 3.59. The van der Waals surface area contributed by atoms with Crippen molar-refractivity contribution in [3.05, 3.63) is 20.8 Å². The third-order valence-corrected chi connectivity index (χ3v) is 2.50. The number of nitrogens with zero attached hydrogens (tertiary/aromatic N) is 1. The molecular weight excluding hydrogens is 206 g/mol. The summed E-state index contributed by atoms with van der Waals surface area (Å²) in [4.78, 5) is 14.8. The molecule has 15 heavy (non-hydrogen) atoms. The number of hydrogen-bond acceptors (Lipinski definition) is 2. The van der Waals surface area contributed by atoms with E-state index in [1.54, 1.807) is 0 Å². The quantitative estimate of drug-likeness (QED) is 0.503. The monoisotopic (exact) mass is 224 g/mol. The molecule has 1 aliphatic carbocycles. The molecule has 0 aromatic carbocycles. The van der Waals surface area contributed by atoms with E-state index in [1.165, 1.54) is 19.3 Å². The zero-order chi connectivity index (χ0) is 9.52. The highest BCUT2D eigenvalue weighted by Crippen LogP contribution is 2.24. The van der Waals surface area contributed by atoms with Gasteiger partial charge in [0, 0.05) is 0 Å². The van der Waals surface area contributed by atoms with Crippen LogP contribution in [0.2, 0.25) is 0 Å². The van der Waals surface area contributed by atoms with Gasteiger partial charge >= 0.3 is 0 Å². The van der Waals surface area contributed by atoms with Crippen molar-refractivity contribution in [1.29, 1.82) is 0 Å². The van der Waals surface area contributed by atoms with Gasteiger partial charge in [-0.25, -0.2) is 0 Å². The maximum Gasteiger partial charge on any atom is 0.261 e. The van der Waals surface area contributed by atoms with Crippen LogP contribution in [0.3, 0.4) is 0 Å². The van der Waals surface area contributed by atoms with Crippen molar-refractivity contribution in [3.8, 4) is 0 Å². The Morgan fingerprint density at radius 3 is 2.00 bits per heavy atom. The van der Waals surface area contributed by atoms with Gasteiger partial charge in [0.05, 0.1) is 11.1 Å². The Morgan fingerprint density at radius 1 is 1.07 bits per heavy atom. The maximum atomic E-state index is 11.3. The van der Waals surface area contributed by atoms with E-state index >= 15 is 0 Å². The zero-order valence-corrected chi connectivity index (χ0v) is 9.94. The number of carbonyl (C=O) groups is 1. The molecule has 3 heteroatoms. The Bertz CT molecular complexity index is 214. The lowest BCUT2D eigenvalue weighted by Crippen LogP contribution is -2.11. The van der Waals surface area contributed by atoms with Crippen molar-refractivity contribution >= 4 is 23.3 Å². The molecule has 0 aromatic heterocycles. The maximum absolute atomic E-state index is 11.3. The highest BCUT2D eigenvalue weighted by atomic mass is 32.1. The van der Waals surface area contributed by atoms with E-state index in [9.17, 15) is 4.79 Å². The summed E-state index contributed by atoms with van der Waals surface area (Å²) >= 11 is 4.41. The first-order valence-electron chi connectivity index (χ1n) is 4.81. The minimum atomic E-state index is -0.142. The molecule has 0 bridgehead atoms. The summed E-state index contributed by atoms with van der Waals surface area (Å²) < 4.78 is 0. The summed E-state index contributed by atoms with van der Waals surface area (Å²) in [6, 6.07) is 0. The van der Waals surface area contributed by atoms with Crippen LogP contribution >= 0.6 is 12.2 Å². The number of aliphatic imine (C=N–C) groups is 1. The summed E-state index contributed by atoms with van der Waals surface area (Å²) in [6.45, 7) is 0. The average Bonchev–Trinajstić information content (AvgIpc) is 2.03. The van der Waals surface area contributed by atoms with Crippen molar-refractivity contribution in [2.45, 2.75) is 44.9 Å². The van der Waals surface area contributed by atoms with Crippen molar-refractivity contribution in [2.75, 3.05) is 0 Å². The molecule has 0 unspecified atom stereocenters. The third-order valence-electron chi connectivity index (χ3n) is 2.41. The van der Waals surface area contributed by atoms with Gasteiger partial charge in [-0.1, -0.05) is 47.0 Å². The average molecular weight is 224 g/mol. The third kappa shape index (κ3) is 6.53. The number of hydrogen-bond donors (Lipinski definition) is 0. The summed E-state index contributed by atoms with van der Waals surface area (Å²) in [5.41, 5.74) is 0. The van der Waals surface area contributed by atoms with Gasteiger partial charge < -0.3 is 0 Å². The number of amides is 1. The standard InChI is InChI=1S/C10H14NOS.2CH2/c12-10(11-8-13)9-6-4-2-1-3-5-7-9;;/h1-7H2;2*1H2. The molecule has 83 valence electrons. The minimum absolute atomic E-state index is 0. The van der Waals surface area contributed by atoms with E-state index in [0.717, 1.165) is 31.6 Å². The largest absolute Gasteiger partial charge is 0.271 e. The first-order chi connectivity index (χ1) is 6.34. The van der Waals surface area contributed by atoms with Crippen LogP contribution in [-0.2, 0) is 4.79 Å². The molecule has 0 saturated heterocycles. The Labute approximate surface area is 99.2 Å². The smallest absolute Gasteiger partial charge is 0.261 e. The fraction of sp³-hybridized carbons (Fsp3) is 0.583. The topological polar surface area (TPSA) is 29.4 Å². The molecule has 5 radical (unpaired) electrons. The van der Waals surface area contributed by atoms with Crippen LogP contribution in [0.4, 0.5) is 0 Å². The molecule has 2 nitrogen and oxygen atoms in total. The van der Waals surface area contributed by atoms with E-state index in [-0.39, 0.29) is 20.8 Å². The molecule has 0 aliphatic heterocycles. The van der Waals surface area contributed by atoms with Gasteiger partial charge in [0.15, 0.2) is 0 Å². The van der Waals surface area contributed by atoms with Crippen LogP contribution in [0.5, 0.6) is 0 Å². The zero-order valence-electron chi connectivity index (χ0n) is 9.13. The molecule has 1 rings (SSSR count). The summed E-state index contributed by atoms with van der Waals surface area (Å²) in [7, 11) is 0. The first kappa shape index (κ1) is 16.9. The molecule has 0 spiro atoms. The Balaban J connectivity index is 0. The van der Waals surface area contributed by atoms with Crippen molar-refractivity contribution in [2.24, 2.45) is 4.99 Å². The van der Waals surface area contributed by atoms with Crippen LogP contribution in [0.25, 0.3) is 0 Å². The van der Waals surface area contributed by atoms with Crippen molar-refractivity contribution < 1.29 is 4.79 Å². The number of isothiocyanates is 1. The first-order valence-corrected chi connectivity index (χ1v) is 5.22. The lowest BCUT2D eigenvalue weighted by atomic mass is 9.91. The Morgan fingerprint density at radius 2 is 1.53 bits per heavy atom. The molecule has 1 aliphatic rings. The van der Waals surface area contributed by atoms with Crippen molar-refractivity contribution in [1.82, 2.24) is 0 Å². The van der Waals surface area contributed by atoms with E-state index < -0.39 is 0 Å². The van der Waals surface area contributed by atoms with E-state index in [0.29, 0.717) is 0 Å². The lowest BCUT2D eigenvalue weighted by Gasteiger charge is -2.14. The van der Waals surface area contributed by atoms with Gasteiger partial charge in [0.1, 0.15) is 0 Å². The lowest BCUT2D eigenvalue weighted by molar-refractivity contribution is -0.116. The second-order valence-electron chi connectivity index (χ2n) is 3.38. The Hall–Kier alpha value is -0.530. The summed E-state index contributed by atoms with van der Waals surface area (Å²) in [5.74, 6) is 0.800. The second-order valence-corrected chi connectivity index (χ2v) is 3.56.